The van der Waals surface area contributed by atoms with Gasteiger partial charge in [0.1, 0.15) is 11.6 Å². The largest absolute Gasteiger partial charge is 0.495 e. The van der Waals surface area contributed by atoms with Crippen LogP contribution in [0.2, 0.25) is 5.02 Å². The van der Waals surface area contributed by atoms with Gasteiger partial charge in [-0.2, -0.15) is 0 Å². The summed E-state index contributed by atoms with van der Waals surface area (Å²) < 4.78 is 18.2. The summed E-state index contributed by atoms with van der Waals surface area (Å²) in [5.74, 6) is 0.0252. The fourth-order valence-corrected chi connectivity index (χ4v) is 2.45. The summed E-state index contributed by atoms with van der Waals surface area (Å²) in [6.45, 7) is 1.83. The van der Waals surface area contributed by atoms with Gasteiger partial charge in [0.2, 0.25) is 5.95 Å². The number of methoxy groups -OCH3 is 1. The number of hydrogen-bond donors (Lipinski definition) is 2. The van der Waals surface area contributed by atoms with E-state index in [0.717, 1.165) is 5.56 Å². The maximum absolute atomic E-state index is 12.9. The Balaban J connectivity index is 1.72. The first-order valence-electron chi connectivity index (χ1n) is 7.96. The van der Waals surface area contributed by atoms with Crippen LogP contribution < -0.4 is 15.4 Å². The number of nitrogens with one attached hydrogen (secondary N) is 2. The Kier molecular flexibility index (Phi) is 5.52. The fraction of sp³-hybridized carbons (Fsp3) is 0.105. The molecule has 1 amide bonds. The minimum Gasteiger partial charge on any atom is -0.495 e. The van der Waals surface area contributed by atoms with Crippen LogP contribution in [0.1, 0.15) is 15.9 Å². The number of ether oxygens (including phenoxy) is 1. The van der Waals surface area contributed by atoms with E-state index < -0.39 is 0 Å². The molecule has 2 aromatic carbocycles. The minimum atomic E-state index is -0.386. The molecule has 0 fully saturated rings. The van der Waals surface area contributed by atoms with E-state index in [1.54, 1.807) is 24.3 Å². The van der Waals surface area contributed by atoms with Crippen molar-refractivity contribution in [3.63, 3.8) is 0 Å². The Morgan fingerprint density at radius 2 is 1.81 bits per heavy atom. The summed E-state index contributed by atoms with van der Waals surface area (Å²) in [6.07, 6.45) is 2.78. The van der Waals surface area contributed by atoms with E-state index >= 15 is 0 Å². The van der Waals surface area contributed by atoms with Gasteiger partial charge in [-0.15, -0.1) is 0 Å². The lowest BCUT2D eigenvalue weighted by molar-refractivity contribution is 0.102. The molecule has 3 rings (SSSR count). The van der Waals surface area contributed by atoms with Gasteiger partial charge in [0.25, 0.3) is 5.91 Å². The molecule has 0 spiro atoms. The van der Waals surface area contributed by atoms with Crippen molar-refractivity contribution < 1.29 is 13.9 Å². The van der Waals surface area contributed by atoms with Crippen molar-refractivity contribution in [2.75, 3.05) is 17.7 Å². The summed E-state index contributed by atoms with van der Waals surface area (Å²) in [5, 5.41) is 6.23. The Hall–Kier alpha value is -3.19. The van der Waals surface area contributed by atoms with Crippen LogP contribution in [0.25, 0.3) is 0 Å². The smallest absolute Gasteiger partial charge is 0.258 e. The van der Waals surface area contributed by atoms with Crippen molar-refractivity contribution in [1.29, 1.82) is 0 Å². The number of carbonyl (C=O) groups excluding carboxylic acids is 1. The van der Waals surface area contributed by atoms with Gasteiger partial charge in [0, 0.05) is 29.2 Å². The van der Waals surface area contributed by atoms with Crippen LogP contribution >= 0.6 is 11.6 Å². The number of aromatic nitrogens is 2. The second-order valence-electron chi connectivity index (χ2n) is 5.68. The van der Waals surface area contributed by atoms with Gasteiger partial charge in [-0.05, 0) is 42.8 Å². The molecule has 0 bridgehead atoms. The SMILES string of the molecule is COc1cc(Cl)c(C)cc1NC(=O)c1cnc(Nc2ccc(F)cc2)nc1. The van der Waals surface area contributed by atoms with Crippen molar-refractivity contribution in [3.05, 3.63) is 70.8 Å². The zero-order valence-electron chi connectivity index (χ0n) is 14.6. The first-order valence-corrected chi connectivity index (χ1v) is 8.34. The van der Waals surface area contributed by atoms with Crippen LogP contribution in [0.15, 0.2) is 48.8 Å². The molecular weight excluding hydrogens is 371 g/mol. The van der Waals surface area contributed by atoms with Crippen molar-refractivity contribution in [2.24, 2.45) is 0 Å². The number of halogens is 2. The first-order chi connectivity index (χ1) is 13.0. The molecule has 0 aliphatic rings. The van der Waals surface area contributed by atoms with Gasteiger partial charge in [0.15, 0.2) is 0 Å². The zero-order chi connectivity index (χ0) is 19.4. The molecule has 1 aromatic heterocycles. The average Bonchev–Trinajstić information content (AvgIpc) is 2.67. The van der Waals surface area contributed by atoms with E-state index in [2.05, 4.69) is 20.6 Å². The molecular formula is C19H16ClFN4O2. The van der Waals surface area contributed by atoms with Gasteiger partial charge in [-0.3, -0.25) is 4.79 Å². The maximum atomic E-state index is 12.9. The van der Waals surface area contributed by atoms with Crippen LogP contribution in [0.5, 0.6) is 5.75 Å². The van der Waals surface area contributed by atoms with E-state index in [9.17, 15) is 9.18 Å². The Morgan fingerprint density at radius 3 is 2.44 bits per heavy atom. The third kappa shape index (κ3) is 4.51. The quantitative estimate of drug-likeness (QED) is 0.671. The number of hydrogen-bond acceptors (Lipinski definition) is 5. The second kappa shape index (κ2) is 8.01. The summed E-state index contributed by atoms with van der Waals surface area (Å²) in [7, 11) is 1.50. The highest BCUT2D eigenvalue weighted by molar-refractivity contribution is 6.31. The predicted molar refractivity (Wildman–Crippen MR) is 102 cm³/mol. The van der Waals surface area contributed by atoms with Crippen LogP contribution in [-0.2, 0) is 0 Å². The molecule has 0 saturated heterocycles. The highest BCUT2D eigenvalue weighted by Gasteiger charge is 2.13. The molecule has 0 atom stereocenters. The summed E-state index contributed by atoms with van der Waals surface area (Å²) in [6, 6.07) is 9.14. The lowest BCUT2D eigenvalue weighted by Gasteiger charge is -2.12. The number of benzene rings is 2. The monoisotopic (exact) mass is 386 g/mol. The third-order valence-corrected chi connectivity index (χ3v) is 4.15. The molecule has 3 aromatic rings. The van der Waals surface area contributed by atoms with Crippen LogP contribution in [0.3, 0.4) is 0 Å². The molecule has 0 radical (unpaired) electrons. The number of amides is 1. The molecule has 0 unspecified atom stereocenters. The highest BCUT2D eigenvalue weighted by atomic mass is 35.5. The lowest BCUT2D eigenvalue weighted by Crippen LogP contribution is -2.14. The Bertz CT molecular complexity index is 963. The zero-order valence-corrected chi connectivity index (χ0v) is 15.3. The van der Waals surface area contributed by atoms with Gasteiger partial charge in [-0.25, -0.2) is 14.4 Å². The number of carbonyl (C=O) groups is 1. The summed E-state index contributed by atoms with van der Waals surface area (Å²) >= 11 is 6.07. The van der Waals surface area contributed by atoms with Crippen molar-refractivity contribution in [2.45, 2.75) is 6.92 Å². The lowest BCUT2D eigenvalue weighted by atomic mass is 10.2. The standard InChI is InChI=1S/C19H16ClFN4O2/c1-11-7-16(17(27-2)8-15(11)20)25-18(26)12-9-22-19(23-10-12)24-14-5-3-13(21)4-6-14/h3-10H,1-2H3,(H,25,26)(H,22,23,24). The molecule has 138 valence electrons. The van der Waals surface area contributed by atoms with E-state index in [4.69, 9.17) is 16.3 Å². The molecule has 27 heavy (non-hydrogen) atoms. The molecule has 2 N–H and O–H groups in total. The Morgan fingerprint density at radius 1 is 1.15 bits per heavy atom. The van der Waals surface area contributed by atoms with Crippen LogP contribution in [0, 0.1) is 12.7 Å². The molecule has 6 nitrogen and oxygen atoms in total. The van der Waals surface area contributed by atoms with Gasteiger partial charge in [-0.1, -0.05) is 11.6 Å². The van der Waals surface area contributed by atoms with Crippen LogP contribution in [0.4, 0.5) is 21.7 Å². The maximum Gasteiger partial charge on any atom is 0.258 e. The number of nitrogens with zero attached hydrogens (tertiary/aromatic N) is 2. The number of anilines is 3. The number of aryl methyl sites for hydroxylation is 1. The fourth-order valence-electron chi connectivity index (χ4n) is 2.30. The number of rotatable bonds is 5. The van der Waals surface area contributed by atoms with E-state index in [1.165, 1.54) is 31.6 Å². The van der Waals surface area contributed by atoms with Crippen LogP contribution in [-0.4, -0.2) is 23.0 Å². The Labute approximate surface area is 160 Å². The second-order valence-corrected chi connectivity index (χ2v) is 6.09. The topological polar surface area (TPSA) is 76.1 Å². The predicted octanol–water partition coefficient (Wildman–Crippen LogP) is 4.58. The van der Waals surface area contributed by atoms with Crippen molar-refractivity contribution in [3.8, 4) is 5.75 Å². The van der Waals surface area contributed by atoms with E-state index in [0.29, 0.717) is 22.1 Å². The van der Waals surface area contributed by atoms with Crippen molar-refractivity contribution >= 4 is 34.8 Å². The third-order valence-electron chi connectivity index (χ3n) is 3.74. The molecule has 8 heteroatoms. The van der Waals surface area contributed by atoms with E-state index in [-0.39, 0.29) is 23.2 Å². The molecule has 0 saturated carbocycles. The van der Waals surface area contributed by atoms with Crippen molar-refractivity contribution in [1.82, 2.24) is 9.97 Å². The average molecular weight is 387 g/mol. The van der Waals surface area contributed by atoms with Gasteiger partial charge < -0.3 is 15.4 Å². The highest BCUT2D eigenvalue weighted by Crippen LogP contribution is 2.31. The summed E-state index contributed by atoms with van der Waals surface area (Å²) in [5.41, 5.74) is 2.21. The normalized spacial score (nSPS) is 10.4. The van der Waals surface area contributed by atoms with E-state index in [1.807, 2.05) is 6.92 Å². The van der Waals surface area contributed by atoms with Gasteiger partial charge in [0.05, 0.1) is 18.4 Å². The summed E-state index contributed by atoms with van der Waals surface area (Å²) in [4.78, 5) is 20.7. The van der Waals surface area contributed by atoms with Gasteiger partial charge >= 0.3 is 0 Å². The first kappa shape index (κ1) is 18.6. The molecule has 1 heterocycles. The molecule has 0 aliphatic carbocycles. The molecule has 0 aliphatic heterocycles. The minimum absolute atomic E-state index is 0.273.